The Labute approximate surface area is 205 Å². The summed E-state index contributed by atoms with van der Waals surface area (Å²) in [5.41, 5.74) is 1.61. The smallest absolute Gasteiger partial charge is 0.240 e. The zero-order chi connectivity index (χ0) is 24.8. The number of anilines is 1. The van der Waals surface area contributed by atoms with Crippen molar-refractivity contribution in [1.29, 1.82) is 0 Å². The van der Waals surface area contributed by atoms with E-state index in [-0.39, 0.29) is 35.6 Å². The van der Waals surface area contributed by atoms with Gasteiger partial charge in [-0.3, -0.25) is 9.59 Å². The predicted molar refractivity (Wildman–Crippen MR) is 133 cm³/mol. The lowest BCUT2D eigenvalue weighted by Crippen LogP contribution is -2.37. The summed E-state index contributed by atoms with van der Waals surface area (Å²) in [5.74, 6) is 1.21. The van der Waals surface area contributed by atoms with Crippen molar-refractivity contribution in [3.63, 3.8) is 0 Å². The van der Waals surface area contributed by atoms with Crippen LogP contribution in [0.2, 0.25) is 0 Å². The van der Waals surface area contributed by atoms with Crippen LogP contribution in [0.25, 0.3) is 0 Å². The second kappa shape index (κ2) is 10.7. The first kappa shape index (κ1) is 24.4. The first-order chi connectivity index (χ1) is 16.8. The second-order valence-corrected chi connectivity index (χ2v) is 10.1. The number of rotatable bonds is 9. The Hall–Kier alpha value is -3.69. The molecule has 3 aromatic rings. The van der Waals surface area contributed by atoms with Gasteiger partial charge < -0.3 is 15.0 Å². The maximum atomic E-state index is 12.5. The minimum absolute atomic E-state index is 0.0478. The molecule has 0 radical (unpaired) electrons. The number of amides is 2. The van der Waals surface area contributed by atoms with Gasteiger partial charge in [0.15, 0.2) is 0 Å². The van der Waals surface area contributed by atoms with Gasteiger partial charge in [0.25, 0.3) is 0 Å². The summed E-state index contributed by atoms with van der Waals surface area (Å²) in [6.45, 7) is 0.403. The van der Waals surface area contributed by atoms with Gasteiger partial charge in [-0.25, -0.2) is 13.1 Å². The highest BCUT2D eigenvalue weighted by atomic mass is 32.2. The average Bonchev–Trinajstić information content (AvgIpc) is 3.23. The van der Waals surface area contributed by atoms with Gasteiger partial charge in [0.05, 0.1) is 10.9 Å². The van der Waals surface area contributed by atoms with Crippen molar-refractivity contribution in [3.8, 4) is 11.5 Å². The first-order valence-corrected chi connectivity index (χ1v) is 12.8. The van der Waals surface area contributed by atoms with E-state index < -0.39 is 10.0 Å². The summed E-state index contributed by atoms with van der Waals surface area (Å²) in [6.07, 6.45) is 0.956. The number of hydrogen-bond acceptors (Lipinski definition) is 5. The number of hydrogen-bond donors (Lipinski definition) is 2. The zero-order valence-corrected chi connectivity index (χ0v) is 20.1. The number of para-hydroxylation sites is 1. The van der Waals surface area contributed by atoms with Crippen LogP contribution in [0.5, 0.6) is 11.5 Å². The van der Waals surface area contributed by atoms with E-state index in [2.05, 4.69) is 10.0 Å². The number of nitrogens with one attached hydrogen (secondary N) is 2. The van der Waals surface area contributed by atoms with E-state index in [9.17, 15) is 18.0 Å². The molecule has 9 heteroatoms. The molecular formula is C26H27N3O5S. The van der Waals surface area contributed by atoms with Crippen molar-refractivity contribution >= 4 is 27.5 Å². The van der Waals surface area contributed by atoms with Gasteiger partial charge in [-0.2, -0.15) is 0 Å². The van der Waals surface area contributed by atoms with Crippen LogP contribution in [-0.4, -0.2) is 39.9 Å². The molecule has 8 nitrogen and oxygen atoms in total. The quantitative estimate of drug-likeness (QED) is 0.476. The molecule has 0 saturated carbocycles. The fourth-order valence-corrected chi connectivity index (χ4v) is 4.61. The van der Waals surface area contributed by atoms with Crippen LogP contribution in [0.1, 0.15) is 18.4 Å². The van der Waals surface area contributed by atoms with Crippen molar-refractivity contribution in [2.75, 3.05) is 18.5 Å². The molecule has 35 heavy (non-hydrogen) atoms. The Bertz CT molecular complexity index is 1280. The summed E-state index contributed by atoms with van der Waals surface area (Å²) in [5, 5.41) is 2.94. The lowest BCUT2D eigenvalue weighted by atomic mass is 10.1. The standard InChI is InChI=1S/C26H27N3O5S/c1-27-35(32,33)24-14-7-19(8-15-24)9-16-25(30)28-20-17-26(31)29(18-20)21-10-12-23(13-11-21)34-22-5-3-2-4-6-22/h2-8,10-15,20,27H,9,16-18H2,1H3,(H,28,30). The molecule has 0 spiro atoms. The Morgan fingerprint density at radius 1 is 0.971 bits per heavy atom. The van der Waals surface area contributed by atoms with Gasteiger partial charge in [0, 0.05) is 25.1 Å². The highest BCUT2D eigenvalue weighted by Crippen LogP contribution is 2.27. The van der Waals surface area contributed by atoms with E-state index in [1.807, 2.05) is 54.6 Å². The fraction of sp³-hybridized carbons (Fsp3) is 0.231. The van der Waals surface area contributed by atoms with E-state index in [4.69, 9.17) is 4.74 Å². The Balaban J connectivity index is 1.27. The summed E-state index contributed by atoms with van der Waals surface area (Å²) in [7, 11) is -2.13. The largest absolute Gasteiger partial charge is 0.457 e. The third kappa shape index (κ3) is 6.26. The Kier molecular flexibility index (Phi) is 7.48. The van der Waals surface area contributed by atoms with Crippen molar-refractivity contribution in [2.45, 2.75) is 30.2 Å². The molecule has 2 N–H and O–H groups in total. The van der Waals surface area contributed by atoms with E-state index in [1.54, 1.807) is 17.0 Å². The lowest BCUT2D eigenvalue weighted by Gasteiger charge is -2.18. The molecule has 0 aromatic heterocycles. The summed E-state index contributed by atoms with van der Waals surface area (Å²) < 4.78 is 31.7. The Morgan fingerprint density at radius 2 is 1.63 bits per heavy atom. The highest BCUT2D eigenvalue weighted by molar-refractivity contribution is 7.89. The van der Waals surface area contributed by atoms with Crippen LogP contribution in [0.4, 0.5) is 5.69 Å². The summed E-state index contributed by atoms with van der Waals surface area (Å²) in [4.78, 5) is 26.8. The molecule has 1 fully saturated rings. The van der Waals surface area contributed by atoms with Crippen molar-refractivity contribution in [1.82, 2.24) is 10.0 Å². The van der Waals surface area contributed by atoms with Crippen molar-refractivity contribution < 1.29 is 22.7 Å². The number of carbonyl (C=O) groups excluding carboxylic acids is 2. The SMILES string of the molecule is CNS(=O)(=O)c1ccc(CCC(=O)NC2CC(=O)N(c3ccc(Oc4ccccc4)cc3)C2)cc1. The monoisotopic (exact) mass is 493 g/mol. The van der Waals surface area contributed by atoms with Crippen molar-refractivity contribution in [2.24, 2.45) is 0 Å². The minimum atomic E-state index is -3.49. The van der Waals surface area contributed by atoms with Crippen LogP contribution in [0.15, 0.2) is 83.8 Å². The van der Waals surface area contributed by atoms with Gasteiger partial charge in [0.2, 0.25) is 21.8 Å². The molecule has 3 aromatic carbocycles. The van der Waals surface area contributed by atoms with Crippen LogP contribution in [-0.2, 0) is 26.0 Å². The topological polar surface area (TPSA) is 105 Å². The average molecular weight is 494 g/mol. The van der Waals surface area contributed by atoms with Gasteiger partial charge in [0.1, 0.15) is 11.5 Å². The van der Waals surface area contributed by atoms with Crippen LogP contribution in [0, 0.1) is 0 Å². The third-order valence-corrected chi connectivity index (χ3v) is 7.19. The number of benzene rings is 3. The number of aryl methyl sites for hydroxylation is 1. The molecule has 0 bridgehead atoms. The van der Waals surface area contributed by atoms with Gasteiger partial charge >= 0.3 is 0 Å². The number of ether oxygens (including phenoxy) is 1. The van der Waals surface area contributed by atoms with Gasteiger partial charge in [-0.15, -0.1) is 0 Å². The molecule has 4 rings (SSSR count). The fourth-order valence-electron chi connectivity index (χ4n) is 3.88. The number of nitrogens with zero attached hydrogens (tertiary/aromatic N) is 1. The molecule has 1 saturated heterocycles. The number of sulfonamides is 1. The normalized spacial score (nSPS) is 15.7. The predicted octanol–water partition coefficient (Wildman–Crippen LogP) is 3.24. The zero-order valence-electron chi connectivity index (χ0n) is 19.3. The maximum absolute atomic E-state index is 12.5. The second-order valence-electron chi connectivity index (χ2n) is 8.23. The third-order valence-electron chi connectivity index (χ3n) is 5.76. The summed E-state index contributed by atoms with van der Waals surface area (Å²) >= 11 is 0. The van der Waals surface area contributed by atoms with E-state index >= 15 is 0 Å². The van der Waals surface area contributed by atoms with Crippen LogP contribution < -0.4 is 19.7 Å². The van der Waals surface area contributed by atoms with Crippen LogP contribution >= 0.6 is 0 Å². The van der Waals surface area contributed by atoms with Crippen LogP contribution in [0.3, 0.4) is 0 Å². The molecule has 2 amide bonds. The van der Waals surface area contributed by atoms with E-state index in [1.165, 1.54) is 19.2 Å². The highest BCUT2D eigenvalue weighted by Gasteiger charge is 2.31. The summed E-state index contributed by atoms with van der Waals surface area (Å²) in [6, 6.07) is 22.9. The molecular weight excluding hydrogens is 466 g/mol. The molecule has 0 aliphatic carbocycles. The van der Waals surface area contributed by atoms with E-state index in [0.717, 1.165) is 17.0 Å². The Morgan fingerprint density at radius 3 is 2.29 bits per heavy atom. The van der Waals surface area contributed by atoms with Gasteiger partial charge in [-0.1, -0.05) is 30.3 Å². The first-order valence-electron chi connectivity index (χ1n) is 11.3. The van der Waals surface area contributed by atoms with E-state index in [0.29, 0.717) is 18.7 Å². The maximum Gasteiger partial charge on any atom is 0.240 e. The lowest BCUT2D eigenvalue weighted by molar-refractivity contribution is -0.121. The minimum Gasteiger partial charge on any atom is -0.457 e. The molecule has 1 heterocycles. The van der Waals surface area contributed by atoms with Crippen molar-refractivity contribution in [3.05, 3.63) is 84.4 Å². The molecule has 1 atom stereocenters. The molecule has 1 aliphatic heterocycles. The molecule has 1 aliphatic rings. The molecule has 182 valence electrons. The molecule has 1 unspecified atom stereocenters. The van der Waals surface area contributed by atoms with Gasteiger partial charge in [-0.05, 0) is 67.6 Å². The number of carbonyl (C=O) groups is 2.